The highest BCUT2D eigenvalue weighted by atomic mass is 16.2. The van der Waals surface area contributed by atoms with E-state index in [0.29, 0.717) is 24.6 Å². The molecule has 2 aromatic heterocycles. The van der Waals surface area contributed by atoms with Crippen molar-refractivity contribution in [3.63, 3.8) is 0 Å². The predicted octanol–water partition coefficient (Wildman–Crippen LogP) is 3.19. The summed E-state index contributed by atoms with van der Waals surface area (Å²) in [6, 6.07) is 13.8. The summed E-state index contributed by atoms with van der Waals surface area (Å²) in [5, 5.41) is 3.30. The SMILES string of the molecule is Cc1ccc(C)c(Nc2cc(C(=O)N3CCN(c4ccccn4)CC3)ncn2)c1. The molecular formula is C22H24N6O. The summed E-state index contributed by atoms with van der Waals surface area (Å²) >= 11 is 0. The van der Waals surface area contributed by atoms with Crippen molar-refractivity contribution in [2.24, 2.45) is 0 Å². The Balaban J connectivity index is 1.43. The standard InChI is InChI=1S/C22H24N6O/c1-16-6-7-17(2)18(13-16)26-20-14-19(24-15-25-20)22(29)28-11-9-27(10-12-28)21-5-3-4-8-23-21/h3-8,13-15H,9-12H2,1-2H3,(H,24,25,26). The van der Waals surface area contributed by atoms with Crippen LogP contribution >= 0.6 is 0 Å². The van der Waals surface area contributed by atoms with E-state index in [9.17, 15) is 4.79 Å². The highest BCUT2D eigenvalue weighted by molar-refractivity contribution is 5.93. The summed E-state index contributed by atoms with van der Waals surface area (Å²) in [6.07, 6.45) is 3.23. The van der Waals surface area contributed by atoms with Gasteiger partial charge in [-0.25, -0.2) is 15.0 Å². The molecule has 0 saturated carbocycles. The van der Waals surface area contributed by atoms with Gasteiger partial charge in [-0.2, -0.15) is 0 Å². The molecule has 1 fully saturated rings. The van der Waals surface area contributed by atoms with Crippen molar-refractivity contribution in [1.82, 2.24) is 19.9 Å². The van der Waals surface area contributed by atoms with Gasteiger partial charge in [-0.3, -0.25) is 4.79 Å². The van der Waals surface area contributed by atoms with Crippen LogP contribution in [0.25, 0.3) is 0 Å². The Kier molecular flexibility index (Phi) is 5.37. The lowest BCUT2D eigenvalue weighted by atomic mass is 10.1. The van der Waals surface area contributed by atoms with E-state index in [1.54, 1.807) is 12.3 Å². The molecule has 1 aliphatic heterocycles. The Labute approximate surface area is 170 Å². The number of rotatable bonds is 4. The summed E-state index contributed by atoms with van der Waals surface area (Å²) in [4.78, 5) is 29.8. The van der Waals surface area contributed by atoms with E-state index in [0.717, 1.165) is 35.7 Å². The maximum absolute atomic E-state index is 12.9. The van der Waals surface area contributed by atoms with Crippen LogP contribution in [-0.2, 0) is 0 Å². The lowest BCUT2D eigenvalue weighted by Gasteiger charge is -2.35. The molecule has 4 rings (SSSR count). The Morgan fingerprint density at radius 3 is 2.55 bits per heavy atom. The van der Waals surface area contributed by atoms with E-state index in [4.69, 9.17) is 0 Å². The van der Waals surface area contributed by atoms with E-state index >= 15 is 0 Å². The van der Waals surface area contributed by atoms with Crippen molar-refractivity contribution < 1.29 is 4.79 Å². The van der Waals surface area contributed by atoms with Crippen LogP contribution in [0.1, 0.15) is 21.6 Å². The van der Waals surface area contributed by atoms with Crippen LogP contribution in [0, 0.1) is 13.8 Å². The number of piperazine rings is 1. The molecule has 0 aliphatic carbocycles. The molecule has 7 nitrogen and oxygen atoms in total. The Morgan fingerprint density at radius 1 is 0.966 bits per heavy atom. The molecule has 0 radical (unpaired) electrons. The second-order valence-electron chi connectivity index (χ2n) is 7.20. The Hall–Kier alpha value is -3.48. The Morgan fingerprint density at radius 2 is 1.79 bits per heavy atom. The van der Waals surface area contributed by atoms with Crippen LogP contribution in [0.5, 0.6) is 0 Å². The van der Waals surface area contributed by atoms with Gasteiger partial charge in [0.1, 0.15) is 23.7 Å². The quantitative estimate of drug-likeness (QED) is 0.740. The van der Waals surface area contributed by atoms with Gasteiger partial charge in [0.25, 0.3) is 5.91 Å². The van der Waals surface area contributed by atoms with Crippen molar-refractivity contribution in [1.29, 1.82) is 0 Å². The van der Waals surface area contributed by atoms with Crippen LogP contribution in [0.3, 0.4) is 0 Å². The zero-order valence-corrected chi connectivity index (χ0v) is 16.7. The maximum Gasteiger partial charge on any atom is 0.272 e. The fraction of sp³-hybridized carbons (Fsp3) is 0.273. The van der Waals surface area contributed by atoms with E-state index in [-0.39, 0.29) is 5.91 Å². The lowest BCUT2D eigenvalue weighted by molar-refractivity contribution is 0.0740. The van der Waals surface area contributed by atoms with Gasteiger partial charge in [0, 0.05) is 44.1 Å². The van der Waals surface area contributed by atoms with Crippen molar-refractivity contribution in [2.45, 2.75) is 13.8 Å². The number of carbonyl (C=O) groups excluding carboxylic acids is 1. The number of nitrogens with zero attached hydrogens (tertiary/aromatic N) is 5. The number of pyridine rings is 1. The van der Waals surface area contributed by atoms with E-state index in [1.165, 1.54) is 6.33 Å². The molecule has 148 valence electrons. The molecule has 29 heavy (non-hydrogen) atoms. The number of aromatic nitrogens is 3. The van der Waals surface area contributed by atoms with Gasteiger partial charge in [-0.1, -0.05) is 18.2 Å². The molecule has 7 heteroatoms. The fourth-order valence-electron chi connectivity index (χ4n) is 3.39. The third kappa shape index (κ3) is 4.34. The number of aryl methyl sites for hydroxylation is 2. The first kappa shape index (κ1) is 18.9. The van der Waals surface area contributed by atoms with Crippen LogP contribution in [0.2, 0.25) is 0 Å². The normalized spacial score (nSPS) is 14.0. The van der Waals surface area contributed by atoms with Crippen LogP contribution in [-0.4, -0.2) is 51.9 Å². The molecule has 1 aromatic carbocycles. The monoisotopic (exact) mass is 388 g/mol. The van der Waals surface area contributed by atoms with E-state index in [1.807, 2.05) is 36.9 Å². The van der Waals surface area contributed by atoms with Gasteiger partial charge < -0.3 is 15.1 Å². The van der Waals surface area contributed by atoms with Crippen molar-refractivity contribution in [3.05, 3.63) is 71.8 Å². The second-order valence-corrected chi connectivity index (χ2v) is 7.20. The summed E-state index contributed by atoms with van der Waals surface area (Å²) in [7, 11) is 0. The number of amides is 1. The summed E-state index contributed by atoms with van der Waals surface area (Å²) < 4.78 is 0. The molecule has 3 aromatic rings. The molecule has 0 atom stereocenters. The van der Waals surface area contributed by atoms with Crippen molar-refractivity contribution in [2.75, 3.05) is 36.4 Å². The third-order valence-corrected chi connectivity index (χ3v) is 5.08. The average Bonchev–Trinajstić information content (AvgIpc) is 2.77. The molecule has 1 aliphatic rings. The summed E-state index contributed by atoms with van der Waals surface area (Å²) in [5.74, 6) is 1.49. The fourth-order valence-corrected chi connectivity index (χ4v) is 3.39. The van der Waals surface area contributed by atoms with E-state index < -0.39 is 0 Å². The molecule has 0 spiro atoms. The van der Waals surface area contributed by atoms with Gasteiger partial charge >= 0.3 is 0 Å². The number of carbonyl (C=O) groups is 1. The van der Waals surface area contributed by atoms with Crippen LogP contribution < -0.4 is 10.2 Å². The smallest absolute Gasteiger partial charge is 0.272 e. The van der Waals surface area contributed by atoms with E-state index in [2.05, 4.69) is 43.4 Å². The number of benzene rings is 1. The first-order valence-electron chi connectivity index (χ1n) is 9.72. The molecule has 1 amide bonds. The lowest BCUT2D eigenvalue weighted by Crippen LogP contribution is -2.49. The largest absolute Gasteiger partial charge is 0.353 e. The minimum Gasteiger partial charge on any atom is -0.353 e. The number of hydrogen-bond acceptors (Lipinski definition) is 6. The maximum atomic E-state index is 12.9. The molecular weight excluding hydrogens is 364 g/mol. The average molecular weight is 388 g/mol. The van der Waals surface area contributed by atoms with Gasteiger partial charge in [0.05, 0.1) is 0 Å². The zero-order chi connectivity index (χ0) is 20.2. The van der Waals surface area contributed by atoms with Gasteiger partial charge in [-0.15, -0.1) is 0 Å². The third-order valence-electron chi connectivity index (χ3n) is 5.08. The first-order chi connectivity index (χ1) is 14.1. The molecule has 1 saturated heterocycles. The van der Waals surface area contributed by atoms with Gasteiger partial charge in [0.15, 0.2) is 0 Å². The highest BCUT2D eigenvalue weighted by Crippen LogP contribution is 2.21. The predicted molar refractivity (Wildman–Crippen MR) is 114 cm³/mol. The summed E-state index contributed by atoms with van der Waals surface area (Å²) in [6.45, 7) is 6.86. The van der Waals surface area contributed by atoms with Crippen LogP contribution in [0.15, 0.2) is 55.0 Å². The Bertz CT molecular complexity index is 999. The van der Waals surface area contributed by atoms with Gasteiger partial charge in [0.2, 0.25) is 0 Å². The van der Waals surface area contributed by atoms with Crippen molar-refractivity contribution >= 4 is 23.2 Å². The number of hydrogen-bond donors (Lipinski definition) is 1. The first-order valence-corrected chi connectivity index (χ1v) is 9.72. The highest BCUT2D eigenvalue weighted by Gasteiger charge is 2.24. The molecule has 0 unspecified atom stereocenters. The molecule has 3 heterocycles. The van der Waals surface area contributed by atoms with Crippen molar-refractivity contribution in [3.8, 4) is 0 Å². The number of nitrogens with one attached hydrogen (secondary N) is 1. The molecule has 1 N–H and O–H groups in total. The number of anilines is 3. The summed E-state index contributed by atoms with van der Waals surface area (Å²) in [5.41, 5.74) is 3.66. The minimum atomic E-state index is -0.0721. The minimum absolute atomic E-state index is 0.0721. The van der Waals surface area contributed by atoms with Gasteiger partial charge in [-0.05, 0) is 43.2 Å². The zero-order valence-electron chi connectivity index (χ0n) is 16.7. The second kappa shape index (κ2) is 8.26. The topological polar surface area (TPSA) is 74.2 Å². The van der Waals surface area contributed by atoms with Crippen LogP contribution in [0.4, 0.5) is 17.3 Å². The molecule has 0 bridgehead atoms.